The number of aryl methyl sites for hydroxylation is 1. The zero-order valence-electron chi connectivity index (χ0n) is 10.5. The molecule has 94 valence electrons. The van der Waals surface area contributed by atoms with Crippen LogP contribution in [0.15, 0.2) is 18.2 Å². The van der Waals surface area contributed by atoms with Crippen molar-refractivity contribution in [2.24, 2.45) is 5.92 Å². The molecule has 0 aliphatic heterocycles. The van der Waals surface area contributed by atoms with Gasteiger partial charge in [0.25, 0.3) is 0 Å². The summed E-state index contributed by atoms with van der Waals surface area (Å²) in [5, 5.41) is 9.63. The van der Waals surface area contributed by atoms with Crippen LogP contribution in [-0.4, -0.2) is 18.5 Å². The second kappa shape index (κ2) is 5.52. The quantitative estimate of drug-likeness (QED) is 0.609. The molecule has 2 rings (SSSR count). The first-order valence-corrected chi connectivity index (χ1v) is 6.16. The summed E-state index contributed by atoms with van der Waals surface area (Å²) >= 11 is 0. The predicted octanol–water partition coefficient (Wildman–Crippen LogP) is 2.81. The van der Waals surface area contributed by atoms with E-state index in [0.29, 0.717) is 0 Å². The molecule has 1 N–H and O–H groups in total. The normalized spacial score (nSPS) is 16.9. The number of rotatable bonds is 6. The van der Waals surface area contributed by atoms with E-state index in [0.717, 1.165) is 29.4 Å². The van der Waals surface area contributed by atoms with Gasteiger partial charge in [0.2, 0.25) is 0 Å². The third-order valence-electron chi connectivity index (χ3n) is 2.97. The zero-order valence-corrected chi connectivity index (χ0v) is 10.5. The van der Waals surface area contributed by atoms with Crippen molar-refractivity contribution < 1.29 is 14.6 Å². The summed E-state index contributed by atoms with van der Waals surface area (Å²) in [6.07, 6.45) is 2.04. The molecule has 1 aromatic rings. The van der Waals surface area contributed by atoms with Gasteiger partial charge in [-0.05, 0) is 44.2 Å². The van der Waals surface area contributed by atoms with Crippen LogP contribution in [0.1, 0.15) is 37.0 Å². The maximum absolute atomic E-state index is 9.63. The molecule has 0 bridgehead atoms. The summed E-state index contributed by atoms with van der Waals surface area (Å²) in [5.41, 5.74) is 1.93. The SMILES string of the molecule is Cc1ccc([C@H](C)O)c(OCOCC2CC2)c1. The van der Waals surface area contributed by atoms with Gasteiger partial charge >= 0.3 is 0 Å². The monoisotopic (exact) mass is 236 g/mol. The van der Waals surface area contributed by atoms with E-state index in [-0.39, 0.29) is 6.79 Å². The number of benzene rings is 1. The van der Waals surface area contributed by atoms with Gasteiger partial charge in [-0.25, -0.2) is 0 Å². The van der Waals surface area contributed by atoms with Gasteiger partial charge in [-0.15, -0.1) is 0 Å². The molecule has 1 aliphatic carbocycles. The molecular weight excluding hydrogens is 216 g/mol. The van der Waals surface area contributed by atoms with E-state index in [2.05, 4.69) is 0 Å². The Balaban J connectivity index is 1.89. The van der Waals surface area contributed by atoms with E-state index in [4.69, 9.17) is 9.47 Å². The van der Waals surface area contributed by atoms with E-state index in [1.165, 1.54) is 12.8 Å². The van der Waals surface area contributed by atoms with Gasteiger partial charge in [-0.3, -0.25) is 0 Å². The highest BCUT2D eigenvalue weighted by Gasteiger charge is 2.21. The lowest BCUT2D eigenvalue weighted by Crippen LogP contribution is -2.07. The van der Waals surface area contributed by atoms with Crippen LogP contribution in [0.3, 0.4) is 0 Å². The number of ether oxygens (including phenoxy) is 2. The van der Waals surface area contributed by atoms with Gasteiger partial charge in [-0.1, -0.05) is 12.1 Å². The Morgan fingerprint density at radius 1 is 1.41 bits per heavy atom. The summed E-state index contributed by atoms with van der Waals surface area (Å²) < 4.78 is 11.0. The van der Waals surface area contributed by atoms with E-state index in [1.807, 2.05) is 25.1 Å². The molecule has 0 heterocycles. The molecule has 1 saturated carbocycles. The molecule has 1 fully saturated rings. The average molecular weight is 236 g/mol. The molecule has 17 heavy (non-hydrogen) atoms. The molecule has 0 unspecified atom stereocenters. The van der Waals surface area contributed by atoms with Crippen LogP contribution >= 0.6 is 0 Å². The molecule has 1 aromatic carbocycles. The molecule has 1 atom stereocenters. The van der Waals surface area contributed by atoms with Crippen molar-refractivity contribution in [3.8, 4) is 5.75 Å². The first-order chi connectivity index (χ1) is 8.16. The lowest BCUT2D eigenvalue weighted by Gasteiger charge is -2.14. The largest absolute Gasteiger partial charge is 0.467 e. The molecule has 3 heteroatoms. The highest BCUT2D eigenvalue weighted by molar-refractivity contribution is 5.38. The van der Waals surface area contributed by atoms with Crippen molar-refractivity contribution in [2.45, 2.75) is 32.8 Å². The van der Waals surface area contributed by atoms with E-state index >= 15 is 0 Å². The van der Waals surface area contributed by atoms with Gasteiger partial charge in [0, 0.05) is 5.56 Å². The topological polar surface area (TPSA) is 38.7 Å². The maximum atomic E-state index is 9.63. The minimum atomic E-state index is -0.519. The van der Waals surface area contributed by atoms with Crippen LogP contribution in [0.25, 0.3) is 0 Å². The van der Waals surface area contributed by atoms with Crippen molar-refractivity contribution in [1.82, 2.24) is 0 Å². The number of aliphatic hydroxyl groups is 1. The minimum absolute atomic E-state index is 0.264. The molecule has 0 spiro atoms. The molecule has 0 amide bonds. The fourth-order valence-electron chi connectivity index (χ4n) is 1.72. The van der Waals surface area contributed by atoms with Crippen LogP contribution in [0.4, 0.5) is 0 Å². The third-order valence-corrected chi connectivity index (χ3v) is 2.97. The Hall–Kier alpha value is -1.06. The second-order valence-corrected chi connectivity index (χ2v) is 4.79. The molecular formula is C14H20O3. The fourth-order valence-corrected chi connectivity index (χ4v) is 1.72. The lowest BCUT2D eigenvalue weighted by molar-refractivity contribution is 0.00828. The van der Waals surface area contributed by atoms with Gasteiger partial charge in [0.15, 0.2) is 6.79 Å². The zero-order chi connectivity index (χ0) is 12.3. The average Bonchev–Trinajstić information content (AvgIpc) is 3.08. The summed E-state index contributed by atoms with van der Waals surface area (Å²) in [6.45, 7) is 4.79. The Bertz CT molecular complexity index is 370. The molecule has 3 nitrogen and oxygen atoms in total. The van der Waals surface area contributed by atoms with Gasteiger partial charge in [0.1, 0.15) is 5.75 Å². The third kappa shape index (κ3) is 3.72. The van der Waals surface area contributed by atoms with Gasteiger partial charge in [0.05, 0.1) is 12.7 Å². The Morgan fingerprint density at radius 2 is 2.18 bits per heavy atom. The van der Waals surface area contributed by atoms with Crippen LogP contribution in [-0.2, 0) is 4.74 Å². The van der Waals surface area contributed by atoms with Crippen molar-refractivity contribution in [2.75, 3.05) is 13.4 Å². The fraction of sp³-hybridized carbons (Fsp3) is 0.571. The molecule has 0 aromatic heterocycles. The van der Waals surface area contributed by atoms with Crippen molar-refractivity contribution in [3.63, 3.8) is 0 Å². The number of hydrogen-bond acceptors (Lipinski definition) is 3. The van der Waals surface area contributed by atoms with E-state index in [1.54, 1.807) is 6.92 Å². The molecule has 0 radical (unpaired) electrons. The number of hydrogen-bond donors (Lipinski definition) is 1. The maximum Gasteiger partial charge on any atom is 0.189 e. The van der Waals surface area contributed by atoms with Gasteiger partial charge < -0.3 is 14.6 Å². The Kier molecular flexibility index (Phi) is 4.02. The smallest absolute Gasteiger partial charge is 0.189 e. The number of aliphatic hydroxyl groups excluding tert-OH is 1. The standard InChI is InChI=1S/C14H20O3/c1-10-3-6-13(11(2)15)14(7-10)17-9-16-8-12-4-5-12/h3,6-7,11-12,15H,4-5,8-9H2,1-2H3/t11-/m0/s1. The first-order valence-electron chi connectivity index (χ1n) is 6.16. The summed E-state index contributed by atoms with van der Waals surface area (Å²) in [6, 6.07) is 5.80. The van der Waals surface area contributed by atoms with Crippen molar-refractivity contribution in [3.05, 3.63) is 29.3 Å². The first kappa shape index (κ1) is 12.4. The van der Waals surface area contributed by atoms with Crippen LogP contribution in [0.5, 0.6) is 5.75 Å². The van der Waals surface area contributed by atoms with Crippen molar-refractivity contribution >= 4 is 0 Å². The summed E-state index contributed by atoms with van der Waals surface area (Å²) in [7, 11) is 0. The summed E-state index contributed by atoms with van der Waals surface area (Å²) in [5.74, 6) is 1.46. The minimum Gasteiger partial charge on any atom is -0.467 e. The highest BCUT2D eigenvalue weighted by atomic mass is 16.7. The van der Waals surface area contributed by atoms with Crippen molar-refractivity contribution in [1.29, 1.82) is 0 Å². The van der Waals surface area contributed by atoms with Crippen LogP contribution < -0.4 is 4.74 Å². The molecule has 0 saturated heterocycles. The van der Waals surface area contributed by atoms with Crippen LogP contribution in [0.2, 0.25) is 0 Å². The Labute approximate surface area is 102 Å². The van der Waals surface area contributed by atoms with E-state index in [9.17, 15) is 5.11 Å². The van der Waals surface area contributed by atoms with E-state index < -0.39 is 6.10 Å². The predicted molar refractivity (Wildman–Crippen MR) is 66.0 cm³/mol. The highest BCUT2D eigenvalue weighted by Crippen LogP contribution is 2.29. The van der Waals surface area contributed by atoms with Gasteiger partial charge in [-0.2, -0.15) is 0 Å². The second-order valence-electron chi connectivity index (χ2n) is 4.79. The summed E-state index contributed by atoms with van der Waals surface area (Å²) in [4.78, 5) is 0. The van der Waals surface area contributed by atoms with Crippen LogP contribution in [0, 0.1) is 12.8 Å². The Morgan fingerprint density at radius 3 is 2.82 bits per heavy atom. The molecule has 1 aliphatic rings. The lowest BCUT2D eigenvalue weighted by atomic mass is 10.1.